The van der Waals surface area contributed by atoms with E-state index < -0.39 is 38.9 Å². The second kappa shape index (κ2) is 10.4. The summed E-state index contributed by atoms with van der Waals surface area (Å²) in [5.41, 5.74) is -1.29. The van der Waals surface area contributed by atoms with Crippen molar-refractivity contribution in [3.63, 3.8) is 0 Å². The van der Waals surface area contributed by atoms with Crippen LogP contribution < -0.4 is 4.90 Å². The lowest BCUT2D eigenvalue weighted by atomic mass is 9.82. The number of rotatable bonds is 7. The molecule has 1 unspecified atom stereocenters. The van der Waals surface area contributed by atoms with Crippen LogP contribution in [-0.2, 0) is 34.7 Å². The number of likely N-dealkylation sites (N-methyl/N-ethyl adjacent to an activating group) is 1. The molecule has 1 atom stereocenters. The van der Waals surface area contributed by atoms with E-state index in [0.29, 0.717) is 44.1 Å². The van der Waals surface area contributed by atoms with E-state index in [-0.39, 0.29) is 29.1 Å². The van der Waals surface area contributed by atoms with E-state index in [0.717, 1.165) is 4.31 Å². The van der Waals surface area contributed by atoms with Crippen molar-refractivity contribution in [3.05, 3.63) is 65.2 Å². The summed E-state index contributed by atoms with van der Waals surface area (Å²) in [6.07, 6.45) is 0. The third-order valence-corrected chi connectivity index (χ3v) is 9.57. The zero-order chi connectivity index (χ0) is 28.8. The molecule has 3 heterocycles. The van der Waals surface area contributed by atoms with Gasteiger partial charge >= 0.3 is 0 Å². The first kappa shape index (κ1) is 28.0. The van der Waals surface area contributed by atoms with Crippen LogP contribution >= 0.6 is 0 Å². The van der Waals surface area contributed by atoms with Gasteiger partial charge in [-0.05, 0) is 25.1 Å². The summed E-state index contributed by atoms with van der Waals surface area (Å²) in [6.45, 7) is 4.92. The summed E-state index contributed by atoms with van der Waals surface area (Å²) in [6, 6.07) is 12.4. The Morgan fingerprint density at radius 3 is 2.40 bits per heavy atom. The Labute approximate surface area is 233 Å². The van der Waals surface area contributed by atoms with Gasteiger partial charge in [0.05, 0.1) is 29.4 Å². The molecule has 2 amide bonds. The lowest BCUT2D eigenvalue weighted by Crippen LogP contribution is -2.54. The number of Topliss-reactive ketones (excluding diaryl/α,β-unsaturated/α-hetero) is 1. The van der Waals surface area contributed by atoms with Crippen molar-refractivity contribution in [3.8, 4) is 0 Å². The maximum absolute atomic E-state index is 14.3. The van der Waals surface area contributed by atoms with Crippen molar-refractivity contribution in [2.24, 2.45) is 0 Å². The van der Waals surface area contributed by atoms with Crippen molar-refractivity contribution in [1.29, 1.82) is 0 Å². The first-order valence-electron chi connectivity index (χ1n) is 13.1. The van der Waals surface area contributed by atoms with Gasteiger partial charge in [-0.2, -0.15) is 0 Å². The van der Waals surface area contributed by atoms with Gasteiger partial charge in [0.1, 0.15) is 5.76 Å². The van der Waals surface area contributed by atoms with Crippen molar-refractivity contribution < 1.29 is 32.6 Å². The quantitative estimate of drug-likeness (QED) is 0.300. The Bertz CT molecular complexity index is 1510. The third-order valence-electron chi connectivity index (χ3n) is 7.76. The number of morpholine rings is 1. The number of aliphatic hydroxyl groups excluding tert-OH is 1. The molecule has 1 spiro atoms. The molecule has 0 radical (unpaired) electrons. The highest BCUT2D eigenvalue weighted by molar-refractivity contribution is 7.89. The molecule has 0 saturated carbocycles. The van der Waals surface area contributed by atoms with Gasteiger partial charge in [-0.25, -0.2) is 12.7 Å². The number of fused-ring (bicyclic) bond motifs is 2. The number of anilines is 1. The van der Waals surface area contributed by atoms with E-state index in [2.05, 4.69) is 4.90 Å². The molecule has 2 saturated heterocycles. The number of hydrogen-bond acceptors (Lipinski definition) is 8. The van der Waals surface area contributed by atoms with E-state index in [1.807, 2.05) is 0 Å². The highest BCUT2D eigenvalue weighted by Crippen LogP contribution is 2.53. The molecule has 0 aromatic heterocycles. The largest absolute Gasteiger partial charge is 0.507 e. The molecule has 0 bridgehead atoms. The summed E-state index contributed by atoms with van der Waals surface area (Å²) in [4.78, 5) is 46.5. The molecule has 3 aliphatic heterocycles. The van der Waals surface area contributed by atoms with Crippen LogP contribution in [0.5, 0.6) is 0 Å². The predicted octanol–water partition coefficient (Wildman–Crippen LogP) is 1.21. The Morgan fingerprint density at radius 1 is 1.02 bits per heavy atom. The molecular formula is C28H32N4O7S. The number of hydrogen-bond donors (Lipinski definition) is 1. The van der Waals surface area contributed by atoms with Crippen LogP contribution in [0.4, 0.5) is 5.69 Å². The summed E-state index contributed by atoms with van der Waals surface area (Å²) in [5, 5.41) is 11.7. The summed E-state index contributed by atoms with van der Waals surface area (Å²) in [7, 11) is -1.10. The monoisotopic (exact) mass is 568 g/mol. The zero-order valence-electron chi connectivity index (χ0n) is 22.7. The highest BCUT2D eigenvalue weighted by Gasteiger charge is 2.66. The van der Waals surface area contributed by atoms with Gasteiger partial charge in [-0.1, -0.05) is 30.3 Å². The smallest absolute Gasteiger partial charge is 0.296 e. The fraction of sp³-hybridized carbons (Fsp3) is 0.393. The van der Waals surface area contributed by atoms with Crippen LogP contribution in [0.3, 0.4) is 0 Å². The lowest BCUT2D eigenvalue weighted by Gasteiger charge is -2.36. The second-order valence-electron chi connectivity index (χ2n) is 10.1. The van der Waals surface area contributed by atoms with E-state index in [1.54, 1.807) is 31.2 Å². The number of ketones is 1. The predicted molar refractivity (Wildman–Crippen MR) is 147 cm³/mol. The van der Waals surface area contributed by atoms with Crippen LogP contribution in [0.2, 0.25) is 0 Å². The number of para-hydroxylation sites is 1. The van der Waals surface area contributed by atoms with Gasteiger partial charge in [0.15, 0.2) is 5.54 Å². The number of carbonyl (C=O) groups is 3. The minimum Gasteiger partial charge on any atom is -0.507 e. The molecule has 40 heavy (non-hydrogen) atoms. The number of aliphatic hydroxyl groups is 1. The zero-order valence-corrected chi connectivity index (χ0v) is 23.5. The molecule has 5 rings (SSSR count). The maximum Gasteiger partial charge on any atom is 0.296 e. The molecule has 2 fully saturated rings. The average molecular weight is 569 g/mol. The molecule has 212 valence electrons. The molecule has 11 nitrogen and oxygen atoms in total. The molecule has 1 N–H and O–H groups in total. The van der Waals surface area contributed by atoms with Gasteiger partial charge in [0.2, 0.25) is 10.0 Å². The summed E-state index contributed by atoms with van der Waals surface area (Å²) < 4.78 is 32.1. The maximum atomic E-state index is 14.3. The molecule has 2 aromatic rings. The van der Waals surface area contributed by atoms with Crippen LogP contribution in [0.15, 0.2) is 59.0 Å². The SMILES string of the molecule is CCN1C(=O)C2(C(=C(O)c3cccc(S(=O)(=O)N(C)C)c3)C(=O)C(=O)N2CCN2CCOCC2)c2ccccc21. The Morgan fingerprint density at radius 2 is 1.73 bits per heavy atom. The van der Waals surface area contributed by atoms with Gasteiger partial charge in [0, 0.05) is 57.9 Å². The van der Waals surface area contributed by atoms with Gasteiger partial charge in [0.25, 0.3) is 17.6 Å². The number of amides is 2. The fourth-order valence-electron chi connectivity index (χ4n) is 5.71. The Kier molecular flexibility index (Phi) is 7.29. The molecule has 2 aromatic carbocycles. The normalized spacial score (nSPS) is 23.1. The van der Waals surface area contributed by atoms with Gasteiger partial charge in [-0.15, -0.1) is 0 Å². The van der Waals surface area contributed by atoms with Crippen LogP contribution in [0.1, 0.15) is 18.1 Å². The minimum atomic E-state index is -3.87. The fourth-order valence-corrected chi connectivity index (χ4v) is 6.65. The summed E-state index contributed by atoms with van der Waals surface area (Å²) >= 11 is 0. The Hall–Kier alpha value is -3.58. The first-order valence-corrected chi connectivity index (χ1v) is 14.5. The van der Waals surface area contributed by atoms with Crippen molar-refractivity contribution in [1.82, 2.24) is 14.1 Å². The standard InChI is InChI=1S/C28H32N4O7S/c1-4-31-22-11-6-5-10-21(22)28(27(31)36)23(24(33)19-8-7-9-20(18-19)40(37,38)29(2)3)25(34)26(35)32(28)13-12-30-14-16-39-17-15-30/h5-11,18,33H,4,12-17H2,1-3H3. The number of benzene rings is 2. The number of likely N-dealkylation sites (tertiary alicyclic amines) is 1. The van der Waals surface area contributed by atoms with E-state index in [4.69, 9.17) is 4.74 Å². The number of carbonyl (C=O) groups excluding carboxylic acids is 3. The van der Waals surface area contributed by atoms with Crippen molar-refractivity contribution >= 4 is 39.1 Å². The third kappa shape index (κ3) is 4.14. The summed E-state index contributed by atoms with van der Waals surface area (Å²) in [5.74, 6) is -3.02. The van der Waals surface area contributed by atoms with E-state index >= 15 is 0 Å². The van der Waals surface area contributed by atoms with Crippen LogP contribution in [0, 0.1) is 0 Å². The number of sulfonamides is 1. The topological polar surface area (TPSA) is 128 Å². The van der Waals surface area contributed by atoms with Crippen molar-refractivity contribution in [2.75, 3.05) is 64.9 Å². The molecular weight excluding hydrogens is 536 g/mol. The van der Waals surface area contributed by atoms with Gasteiger partial charge in [-0.3, -0.25) is 19.3 Å². The molecule has 3 aliphatic rings. The molecule has 12 heteroatoms. The Balaban J connectivity index is 1.72. The van der Waals surface area contributed by atoms with Gasteiger partial charge < -0.3 is 19.6 Å². The first-order chi connectivity index (χ1) is 19.1. The second-order valence-corrected chi connectivity index (χ2v) is 12.2. The van der Waals surface area contributed by atoms with Crippen LogP contribution in [0.25, 0.3) is 5.76 Å². The van der Waals surface area contributed by atoms with Crippen molar-refractivity contribution in [2.45, 2.75) is 17.4 Å². The van der Waals surface area contributed by atoms with E-state index in [1.165, 1.54) is 48.2 Å². The molecule has 0 aliphatic carbocycles. The van der Waals surface area contributed by atoms with E-state index in [9.17, 15) is 27.9 Å². The number of nitrogens with zero attached hydrogens (tertiary/aromatic N) is 4. The minimum absolute atomic E-state index is 0.00806. The van der Waals surface area contributed by atoms with Crippen LogP contribution in [-0.4, -0.2) is 105 Å². The number of ether oxygens (including phenoxy) is 1. The lowest BCUT2D eigenvalue weighted by molar-refractivity contribution is -0.144. The highest BCUT2D eigenvalue weighted by atomic mass is 32.2. The average Bonchev–Trinajstić information content (AvgIpc) is 3.34.